The Labute approximate surface area is 65.8 Å². The van der Waals surface area contributed by atoms with E-state index in [9.17, 15) is 4.79 Å². The molecule has 0 saturated carbocycles. The zero-order valence-electron chi connectivity index (χ0n) is 6.94. The second-order valence-corrected chi connectivity index (χ2v) is 2.57. The average Bonchev–Trinajstić information content (AvgIpc) is 2.00. The molecule has 11 heavy (non-hydrogen) atoms. The number of rotatable bonds is 3. The molecule has 0 saturated heterocycles. The third-order valence-corrected chi connectivity index (χ3v) is 1.70. The molecular weight excluding hydrogens is 148 g/mol. The quantitative estimate of drug-likeness (QED) is 0.551. The zero-order valence-corrected chi connectivity index (χ0v) is 6.94. The SMILES string of the molecule is COC(=O)[C@H](O)[C@@H](C)[C@@H](C)O. The van der Waals surface area contributed by atoms with Gasteiger partial charge in [-0.1, -0.05) is 6.92 Å². The van der Waals surface area contributed by atoms with Crippen LogP contribution in [0.25, 0.3) is 0 Å². The first-order valence-electron chi connectivity index (χ1n) is 3.44. The van der Waals surface area contributed by atoms with E-state index in [2.05, 4.69) is 4.74 Å². The third kappa shape index (κ3) is 2.86. The number of aliphatic hydroxyl groups excluding tert-OH is 2. The van der Waals surface area contributed by atoms with Gasteiger partial charge in [0.1, 0.15) is 0 Å². The fourth-order valence-corrected chi connectivity index (χ4v) is 0.599. The molecule has 0 spiro atoms. The highest BCUT2D eigenvalue weighted by molar-refractivity contribution is 5.74. The summed E-state index contributed by atoms with van der Waals surface area (Å²) in [6, 6.07) is 0. The van der Waals surface area contributed by atoms with Crippen LogP contribution in [0.2, 0.25) is 0 Å². The van der Waals surface area contributed by atoms with Gasteiger partial charge in [-0.3, -0.25) is 0 Å². The molecule has 0 rings (SSSR count). The summed E-state index contributed by atoms with van der Waals surface area (Å²) in [6.07, 6.45) is -1.95. The van der Waals surface area contributed by atoms with Crippen LogP contribution in [0.3, 0.4) is 0 Å². The highest BCUT2D eigenvalue weighted by atomic mass is 16.5. The molecule has 0 aliphatic heterocycles. The molecule has 66 valence electrons. The van der Waals surface area contributed by atoms with Crippen molar-refractivity contribution >= 4 is 5.97 Å². The molecule has 0 unspecified atom stereocenters. The smallest absolute Gasteiger partial charge is 0.335 e. The molecule has 0 aromatic rings. The molecule has 3 atom stereocenters. The molecular formula is C7H14O4. The van der Waals surface area contributed by atoms with Gasteiger partial charge in [0.2, 0.25) is 0 Å². The predicted octanol–water partition coefficient (Wildman–Crippen LogP) is -0.463. The maximum Gasteiger partial charge on any atom is 0.335 e. The molecule has 0 bridgehead atoms. The second-order valence-electron chi connectivity index (χ2n) is 2.57. The molecule has 0 heterocycles. The number of carbonyl (C=O) groups excluding carboxylic acids is 1. The number of carbonyl (C=O) groups is 1. The van der Waals surface area contributed by atoms with Gasteiger partial charge in [0.25, 0.3) is 0 Å². The summed E-state index contributed by atoms with van der Waals surface area (Å²) in [5, 5.41) is 18.1. The Kier molecular flexibility index (Phi) is 4.07. The molecule has 4 heteroatoms. The fourth-order valence-electron chi connectivity index (χ4n) is 0.599. The van der Waals surface area contributed by atoms with Crippen LogP contribution < -0.4 is 0 Å². The Hall–Kier alpha value is -0.610. The number of aliphatic hydroxyl groups is 2. The molecule has 2 N–H and O–H groups in total. The van der Waals surface area contributed by atoms with E-state index >= 15 is 0 Å². The molecule has 4 nitrogen and oxygen atoms in total. The van der Waals surface area contributed by atoms with Crippen LogP contribution in [0.4, 0.5) is 0 Å². The molecule has 0 radical (unpaired) electrons. The third-order valence-electron chi connectivity index (χ3n) is 1.70. The van der Waals surface area contributed by atoms with Gasteiger partial charge in [0.05, 0.1) is 13.2 Å². The van der Waals surface area contributed by atoms with E-state index in [1.165, 1.54) is 14.0 Å². The fraction of sp³-hybridized carbons (Fsp3) is 0.857. The van der Waals surface area contributed by atoms with Crippen molar-refractivity contribution in [3.05, 3.63) is 0 Å². The second kappa shape index (κ2) is 4.31. The van der Waals surface area contributed by atoms with Crippen LogP contribution in [-0.4, -0.2) is 35.5 Å². The van der Waals surface area contributed by atoms with E-state index in [4.69, 9.17) is 10.2 Å². The number of esters is 1. The normalized spacial score (nSPS) is 18.6. The Balaban J connectivity index is 4.01. The van der Waals surface area contributed by atoms with Crippen LogP contribution >= 0.6 is 0 Å². The first-order chi connectivity index (χ1) is 5.00. The highest BCUT2D eigenvalue weighted by Crippen LogP contribution is 2.09. The van der Waals surface area contributed by atoms with Crippen molar-refractivity contribution in [2.24, 2.45) is 5.92 Å². The van der Waals surface area contributed by atoms with Gasteiger partial charge in [-0.15, -0.1) is 0 Å². The maximum absolute atomic E-state index is 10.7. The summed E-state index contributed by atoms with van der Waals surface area (Å²) in [7, 11) is 1.19. The lowest BCUT2D eigenvalue weighted by Gasteiger charge is -2.18. The summed E-state index contributed by atoms with van der Waals surface area (Å²) in [5.41, 5.74) is 0. The zero-order chi connectivity index (χ0) is 9.02. The predicted molar refractivity (Wildman–Crippen MR) is 38.9 cm³/mol. The van der Waals surface area contributed by atoms with E-state index in [-0.39, 0.29) is 0 Å². The van der Waals surface area contributed by atoms with Gasteiger partial charge in [0, 0.05) is 5.92 Å². The summed E-state index contributed by atoms with van der Waals surface area (Å²) >= 11 is 0. The lowest BCUT2D eigenvalue weighted by Crippen LogP contribution is -2.34. The first kappa shape index (κ1) is 10.4. The monoisotopic (exact) mass is 162 g/mol. The summed E-state index contributed by atoms with van der Waals surface area (Å²) in [6.45, 7) is 3.09. The minimum Gasteiger partial charge on any atom is -0.467 e. The molecule has 0 aliphatic carbocycles. The Bertz CT molecular complexity index is 132. The summed E-state index contributed by atoms with van der Waals surface area (Å²) < 4.78 is 4.28. The Morgan fingerprint density at radius 2 is 1.82 bits per heavy atom. The first-order valence-corrected chi connectivity index (χ1v) is 3.44. The van der Waals surface area contributed by atoms with Crippen molar-refractivity contribution in [2.45, 2.75) is 26.1 Å². The molecule has 0 fully saturated rings. The minimum atomic E-state index is -1.24. The van der Waals surface area contributed by atoms with Crippen LogP contribution in [-0.2, 0) is 9.53 Å². The molecule has 0 aliphatic rings. The van der Waals surface area contributed by atoms with Crippen molar-refractivity contribution < 1.29 is 19.7 Å². The van der Waals surface area contributed by atoms with Gasteiger partial charge in [-0.25, -0.2) is 4.79 Å². The lowest BCUT2D eigenvalue weighted by molar-refractivity contribution is -0.155. The number of hydrogen-bond donors (Lipinski definition) is 2. The average molecular weight is 162 g/mol. The van der Waals surface area contributed by atoms with E-state index in [1.807, 2.05) is 0 Å². The van der Waals surface area contributed by atoms with Crippen LogP contribution in [0.5, 0.6) is 0 Å². The Morgan fingerprint density at radius 1 is 1.36 bits per heavy atom. The number of methoxy groups -OCH3 is 1. The number of hydrogen-bond acceptors (Lipinski definition) is 4. The summed E-state index contributed by atoms with van der Waals surface area (Å²) in [5.74, 6) is -1.21. The van der Waals surface area contributed by atoms with Crippen molar-refractivity contribution in [1.82, 2.24) is 0 Å². The van der Waals surface area contributed by atoms with Gasteiger partial charge in [-0.05, 0) is 6.92 Å². The van der Waals surface area contributed by atoms with Crippen LogP contribution in [0.15, 0.2) is 0 Å². The van der Waals surface area contributed by atoms with Crippen molar-refractivity contribution in [1.29, 1.82) is 0 Å². The van der Waals surface area contributed by atoms with E-state index in [1.54, 1.807) is 6.92 Å². The van der Waals surface area contributed by atoms with Crippen molar-refractivity contribution in [3.63, 3.8) is 0 Å². The molecule has 0 aromatic heterocycles. The lowest BCUT2D eigenvalue weighted by atomic mass is 10.00. The van der Waals surface area contributed by atoms with E-state index in [0.29, 0.717) is 0 Å². The van der Waals surface area contributed by atoms with Gasteiger partial charge < -0.3 is 14.9 Å². The standard InChI is InChI=1S/C7H14O4/c1-4(5(2)8)6(9)7(10)11-3/h4-6,8-9H,1-3H3/t4-,5+,6+/m0/s1. The van der Waals surface area contributed by atoms with Crippen molar-refractivity contribution in [2.75, 3.05) is 7.11 Å². The molecule has 0 amide bonds. The van der Waals surface area contributed by atoms with Crippen LogP contribution in [0.1, 0.15) is 13.8 Å². The van der Waals surface area contributed by atoms with Crippen molar-refractivity contribution in [3.8, 4) is 0 Å². The Morgan fingerprint density at radius 3 is 2.09 bits per heavy atom. The van der Waals surface area contributed by atoms with Gasteiger partial charge in [-0.2, -0.15) is 0 Å². The topological polar surface area (TPSA) is 66.8 Å². The van der Waals surface area contributed by atoms with Gasteiger partial charge >= 0.3 is 5.97 Å². The van der Waals surface area contributed by atoms with E-state index < -0.39 is 24.1 Å². The minimum absolute atomic E-state index is 0.498. The summed E-state index contributed by atoms with van der Waals surface area (Å²) in [4.78, 5) is 10.7. The van der Waals surface area contributed by atoms with Gasteiger partial charge in [0.15, 0.2) is 6.10 Å². The highest BCUT2D eigenvalue weighted by Gasteiger charge is 2.26. The maximum atomic E-state index is 10.7. The molecule has 0 aromatic carbocycles. The van der Waals surface area contributed by atoms with Crippen LogP contribution in [0, 0.1) is 5.92 Å². The van der Waals surface area contributed by atoms with E-state index in [0.717, 1.165) is 0 Å². The number of ether oxygens (including phenoxy) is 1. The largest absolute Gasteiger partial charge is 0.467 e.